The van der Waals surface area contributed by atoms with E-state index >= 15 is 0 Å². The van der Waals surface area contributed by atoms with Crippen LogP contribution in [0.15, 0.2) is 36.4 Å². The zero-order valence-corrected chi connectivity index (χ0v) is 12.6. The number of halogens is 1. The summed E-state index contributed by atoms with van der Waals surface area (Å²) in [7, 11) is 0. The summed E-state index contributed by atoms with van der Waals surface area (Å²) in [5, 5.41) is 3.69. The summed E-state index contributed by atoms with van der Waals surface area (Å²) in [4.78, 5) is 1.36. The van der Waals surface area contributed by atoms with Gasteiger partial charge in [0.2, 0.25) is 0 Å². The quantitative estimate of drug-likeness (QED) is 0.836. The monoisotopic (exact) mass is 291 g/mol. The normalized spacial score (nSPS) is 18.7. The highest BCUT2D eigenvalue weighted by molar-refractivity contribution is 7.16. The minimum absolute atomic E-state index is 0.410. The molecule has 0 saturated carbocycles. The van der Waals surface area contributed by atoms with Gasteiger partial charge in [-0.25, -0.2) is 0 Å². The number of hydrogen-bond acceptors (Lipinski definition) is 2. The second-order valence-corrected chi connectivity index (χ2v) is 6.83. The highest BCUT2D eigenvalue weighted by Crippen LogP contribution is 2.45. The van der Waals surface area contributed by atoms with E-state index in [-0.39, 0.29) is 0 Å². The predicted molar refractivity (Wildman–Crippen MR) is 83.3 cm³/mol. The van der Waals surface area contributed by atoms with Crippen molar-refractivity contribution in [2.75, 3.05) is 6.54 Å². The Kier molecular flexibility index (Phi) is 3.92. The lowest BCUT2D eigenvalue weighted by molar-refractivity contribution is 0.417. The highest BCUT2D eigenvalue weighted by atomic mass is 35.5. The van der Waals surface area contributed by atoms with E-state index in [4.69, 9.17) is 11.6 Å². The lowest BCUT2D eigenvalue weighted by atomic mass is 9.73. The van der Waals surface area contributed by atoms with E-state index in [0.29, 0.717) is 12.0 Å². The zero-order chi connectivity index (χ0) is 13.2. The van der Waals surface area contributed by atoms with Crippen molar-refractivity contribution in [2.45, 2.75) is 31.7 Å². The molecule has 0 fully saturated rings. The molecule has 0 spiro atoms. The Morgan fingerprint density at radius 2 is 2.16 bits per heavy atom. The summed E-state index contributed by atoms with van der Waals surface area (Å²) in [6, 6.07) is 13.4. The van der Waals surface area contributed by atoms with Gasteiger partial charge in [-0.2, -0.15) is 0 Å². The first-order chi connectivity index (χ1) is 9.29. The third kappa shape index (κ3) is 2.58. The molecule has 2 unspecified atom stereocenters. The van der Waals surface area contributed by atoms with Gasteiger partial charge < -0.3 is 5.32 Å². The third-order valence-electron chi connectivity index (χ3n) is 3.81. The van der Waals surface area contributed by atoms with E-state index in [9.17, 15) is 0 Å². The van der Waals surface area contributed by atoms with Crippen molar-refractivity contribution in [1.29, 1.82) is 0 Å². The molecule has 1 aliphatic carbocycles. The zero-order valence-electron chi connectivity index (χ0n) is 11.0. The Bertz CT molecular complexity index is 563. The summed E-state index contributed by atoms with van der Waals surface area (Å²) >= 11 is 7.80. The van der Waals surface area contributed by atoms with E-state index in [1.807, 2.05) is 6.07 Å². The number of rotatable bonds is 5. The standard InChI is InChI=1S/C16H18ClNS/c1-2-9-18-16(14-7-8-15(17)19-14)13-10-11-5-3-4-6-12(11)13/h3-8,13,16,18H,2,9-10H2,1H3. The van der Waals surface area contributed by atoms with Crippen LogP contribution in [0.2, 0.25) is 4.34 Å². The lowest BCUT2D eigenvalue weighted by Gasteiger charge is -2.36. The van der Waals surface area contributed by atoms with Gasteiger partial charge in [-0.05, 0) is 42.6 Å². The van der Waals surface area contributed by atoms with Crippen LogP contribution in [0.25, 0.3) is 0 Å². The molecular weight excluding hydrogens is 274 g/mol. The Balaban J connectivity index is 1.85. The molecule has 100 valence electrons. The molecular formula is C16H18ClNS. The molecule has 0 aliphatic heterocycles. The Morgan fingerprint density at radius 1 is 1.32 bits per heavy atom. The van der Waals surface area contributed by atoms with Gasteiger partial charge >= 0.3 is 0 Å². The fourth-order valence-electron chi connectivity index (χ4n) is 2.83. The molecule has 3 rings (SSSR count). The van der Waals surface area contributed by atoms with Gasteiger partial charge in [-0.15, -0.1) is 11.3 Å². The Labute approximate surface area is 123 Å². The van der Waals surface area contributed by atoms with Crippen molar-refractivity contribution in [1.82, 2.24) is 5.32 Å². The molecule has 2 aromatic rings. The smallest absolute Gasteiger partial charge is 0.0931 e. The minimum atomic E-state index is 0.410. The summed E-state index contributed by atoms with van der Waals surface area (Å²) < 4.78 is 0.880. The first kappa shape index (κ1) is 13.2. The first-order valence-electron chi connectivity index (χ1n) is 6.86. The maximum Gasteiger partial charge on any atom is 0.0931 e. The summed E-state index contributed by atoms with van der Waals surface area (Å²) in [6.45, 7) is 3.26. The molecule has 2 atom stereocenters. The van der Waals surface area contributed by atoms with Crippen LogP contribution in [0.1, 0.15) is 41.3 Å². The van der Waals surface area contributed by atoms with Crippen LogP contribution in [-0.4, -0.2) is 6.54 Å². The first-order valence-corrected chi connectivity index (χ1v) is 8.05. The largest absolute Gasteiger partial charge is 0.309 e. The SMILES string of the molecule is CCCNC(c1ccc(Cl)s1)C1Cc2ccccc21. The number of thiophene rings is 1. The maximum absolute atomic E-state index is 6.10. The van der Waals surface area contributed by atoms with Crippen molar-refractivity contribution in [3.05, 3.63) is 56.7 Å². The molecule has 0 saturated heterocycles. The number of hydrogen-bond donors (Lipinski definition) is 1. The minimum Gasteiger partial charge on any atom is -0.309 e. The molecule has 0 radical (unpaired) electrons. The van der Waals surface area contributed by atoms with Crippen molar-refractivity contribution >= 4 is 22.9 Å². The third-order valence-corrected chi connectivity index (χ3v) is 5.13. The topological polar surface area (TPSA) is 12.0 Å². The molecule has 3 heteroatoms. The van der Waals surface area contributed by atoms with Gasteiger partial charge in [-0.3, -0.25) is 0 Å². The molecule has 1 heterocycles. The molecule has 19 heavy (non-hydrogen) atoms. The van der Waals surface area contributed by atoms with Gasteiger partial charge in [0.15, 0.2) is 0 Å². The van der Waals surface area contributed by atoms with Gasteiger partial charge in [0.25, 0.3) is 0 Å². The van der Waals surface area contributed by atoms with Crippen LogP contribution >= 0.6 is 22.9 Å². The van der Waals surface area contributed by atoms with Crippen LogP contribution < -0.4 is 5.32 Å². The second-order valence-electron chi connectivity index (χ2n) is 5.08. The second kappa shape index (κ2) is 5.66. The maximum atomic E-state index is 6.10. The molecule has 0 bridgehead atoms. The van der Waals surface area contributed by atoms with Crippen LogP contribution in [0, 0.1) is 0 Å². The number of benzene rings is 1. The van der Waals surface area contributed by atoms with E-state index < -0.39 is 0 Å². The summed E-state index contributed by atoms with van der Waals surface area (Å²) in [5.41, 5.74) is 3.00. The summed E-state index contributed by atoms with van der Waals surface area (Å²) in [6.07, 6.45) is 2.33. The van der Waals surface area contributed by atoms with Crippen molar-refractivity contribution in [2.24, 2.45) is 0 Å². The summed E-state index contributed by atoms with van der Waals surface area (Å²) in [5.74, 6) is 0.595. The molecule has 1 aromatic heterocycles. The van der Waals surface area contributed by atoms with E-state index in [1.165, 1.54) is 22.4 Å². The van der Waals surface area contributed by atoms with E-state index in [2.05, 4.69) is 42.6 Å². The van der Waals surface area contributed by atoms with Gasteiger partial charge in [0.1, 0.15) is 0 Å². The highest BCUT2D eigenvalue weighted by Gasteiger charge is 2.33. The average Bonchev–Trinajstić information content (AvgIpc) is 2.81. The predicted octanol–water partition coefficient (Wildman–Crippen LogP) is 4.78. The van der Waals surface area contributed by atoms with Crippen LogP contribution in [0.4, 0.5) is 0 Å². The number of fused-ring (bicyclic) bond motifs is 1. The Morgan fingerprint density at radius 3 is 2.84 bits per heavy atom. The Hall–Kier alpha value is -0.830. The molecule has 1 aliphatic rings. The van der Waals surface area contributed by atoms with Crippen molar-refractivity contribution in [3.8, 4) is 0 Å². The molecule has 1 aromatic carbocycles. The van der Waals surface area contributed by atoms with Crippen molar-refractivity contribution < 1.29 is 0 Å². The lowest BCUT2D eigenvalue weighted by Crippen LogP contribution is -2.33. The van der Waals surface area contributed by atoms with Gasteiger partial charge in [0, 0.05) is 16.8 Å². The molecule has 1 nitrogen and oxygen atoms in total. The van der Waals surface area contributed by atoms with Gasteiger partial charge in [-0.1, -0.05) is 42.8 Å². The molecule has 1 N–H and O–H groups in total. The van der Waals surface area contributed by atoms with Crippen molar-refractivity contribution in [3.63, 3.8) is 0 Å². The fraction of sp³-hybridized carbons (Fsp3) is 0.375. The number of nitrogens with one attached hydrogen (secondary N) is 1. The van der Waals surface area contributed by atoms with Crippen LogP contribution in [-0.2, 0) is 6.42 Å². The van der Waals surface area contributed by atoms with Gasteiger partial charge in [0.05, 0.1) is 4.34 Å². The van der Waals surface area contributed by atoms with Crippen LogP contribution in [0.5, 0.6) is 0 Å². The average molecular weight is 292 g/mol. The van der Waals surface area contributed by atoms with E-state index in [1.54, 1.807) is 11.3 Å². The van der Waals surface area contributed by atoms with Crippen LogP contribution in [0.3, 0.4) is 0 Å². The fourth-order valence-corrected chi connectivity index (χ4v) is 4.03. The molecule has 0 amide bonds. The van der Waals surface area contributed by atoms with E-state index in [0.717, 1.165) is 17.3 Å².